The third-order valence-corrected chi connectivity index (χ3v) is 21.0. The molecule has 0 amide bonds. The Morgan fingerprint density at radius 1 is 0.240 bits per heavy atom. The van der Waals surface area contributed by atoms with Crippen molar-refractivity contribution in [3.63, 3.8) is 0 Å². The first-order chi connectivity index (χ1) is 48.7. The summed E-state index contributed by atoms with van der Waals surface area (Å²) in [5.41, 5.74) is 0. The summed E-state index contributed by atoms with van der Waals surface area (Å²) < 4.78 is 68.7. The first-order valence-electron chi connectivity index (χ1n) is 42.3. The van der Waals surface area contributed by atoms with Crippen LogP contribution in [0.5, 0.6) is 0 Å². The molecular formula is C81H158O17P2. The van der Waals surface area contributed by atoms with Gasteiger partial charge in [-0.15, -0.1) is 0 Å². The first kappa shape index (κ1) is 98.1. The average molecular weight is 1470 g/mol. The lowest BCUT2D eigenvalue weighted by Gasteiger charge is -2.21. The van der Waals surface area contributed by atoms with Crippen molar-refractivity contribution < 1.29 is 80.2 Å². The van der Waals surface area contributed by atoms with Crippen LogP contribution in [0, 0.1) is 0 Å². The van der Waals surface area contributed by atoms with E-state index >= 15 is 0 Å². The maximum Gasteiger partial charge on any atom is 0.472 e. The Morgan fingerprint density at radius 3 is 0.590 bits per heavy atom. The van der Waals surface area contributed by atoms with Gasteiger partial charge < -0.3 is 33.8 Å². The molecule has 0 saturated carbocycles. The van der Waals surface area contributed by atoms with Crippen LogP contribution in [0.3, 0.4) is 0 Å². The van der Waals surface area contributed by atoms with Crippen molar-refractivity contribution in [2.24, 2.45) is 0 Å². The molecule has 0 saturated heterocycles. The van der Waals surface area contributed by atoms with Crippen LogP contribution in [0.2, 0.25) is 0 Å². The van der Waals surface area contributed by atoms with E-state index in [-0.39, 0.29) is 25.7 Å². The highest BCUT2D eigenvalue weighted by molar-refractivity contribution is 7.47. The second-order valence-corrected chi connectivity index (χ2v) is 32.1. The van der Waals surface area contributed by atoms with Crippen LogP contribution < -0.4 is 0 Å². The number of phosphoric acid groups is 2. The van der Waals surface area contributed by atoms with Gasteiger partial charge in [0.05, 0.1) is 26.4 Å². The number of hydrogen-bond donors (Lipinski definition) is 3. The molecule has 5 atom stereocenters. The molecule has 17 nitrogen and oxygen atoms in total. The number of carbonyl (C=O) groups is 4. The third-order valence-electron chi connectivity index (χ3n) is 19.1. The Bertz CT molecular complexity index is 1890. The van der Waals surface area contributed by atoms with Crippen molar-refractivity contribution in [1.29, 1.82) is 0 Å². The highest BCUT2D eigenvalue weighted by Crippen LogP contribution is 2.45. The van der Waals surface area contributed by atoms with E-state index in [2.05, 4.69) is 27.7 Å². The van der Waals surface area contributed by atoms with E-state index in [4.69, 9.17) is 37.0 Å². The monoisotopic (exact) mass is 1470 g/mol. The SMILES string of the molecule is CCCCCCCCCCCCCCCCCCCCCCCC(=O)O[C@H](COC(=O)CCCCCCCCCCCCCCCCC)COP(=O)(O)OC[C@@H](O)COP(=O)(O)OC[C@@H](COC(=O)CCCCCCCCCCCCC)OC(=O)CCCCCCCCCCCCCCC. The molecule has 0 bridgehead atoms. The molecule has 0 aromatic rings. The van der Waals surface area contributed by atoms with Gasteiger partial charge in [0, 0.05) is 25.7 Å². The highest BCUT2D eigenvalue weighted by atomic mass is 31.2. The average Bonchev–Trinajstić information content (AvgIpc) is 0.944. The zero-order valence-corrected chi connectivity index (χ0v) is 67.0. The minimum Gasteiger partial charge on any atom is -0.462 e. The Morgan fingerprint density at radius 2 is 0.400 bits per heavy atom. The first-order valence-corrected chi connectivity index (χ1v) is 45.3. The van der Waals surface area contributed by atoms with Gasteiger partial charge in [0.1, 0.15) is 19.3 Å². The molecule has 0 radical (unpaired) electrons. The lowest BCUT2D eigenvalue weighted by molar-refractivity contribution is -0.161. The molecule has 0 rings (SSSR count). The normalized spacial score (nSPS) is 13.8. The minimum atomic E-state index is -4.96. The van der Waals surface area contributed by atoms with E-state index in [9.17, 15) is 43.2 Å². The van der Waals surface area contributed by atoms with Crippen LogP contribution in [0.4, 0.5) is 0 Å². The number of esters is 4. The summed E-state index contributed by atoms with van der Waals surface area (Å²) >= 11 is 0. The molecule has 0 aliphatic carbocycles. The largest absolute Gasteiger partial charge is 0.472 e. The summed E-state index contributed by atoms with van der Waals surface area (Å²) in [6, 6.07) is 0. The zero-order valence-electron chi connectivity index (χ0n) is 65.2. The molecule has 0 aliphatic heterocycles. The molecule has 100 heavy (non-hydrogen) atoms. The van der Waals surface area contributed by atoms with E-state index in [1.807, 2.05) is 0 Å². The van der Waals surface area contributed by atoms with Crippen LogP contribution in [0.1, 0.15) is 439 Å². The molecule has 0 aromatic carbocycles. The van der Waals surface area contributed by atoms with Crippen LogP contribution >= 0.6 is 15.6 Å². The van der Waals surface area contributed by atoms with Gasteiger partial charge in [-0.2, -0.15) is 0 Å². The third kappa shape index (κ3) is 74.3. The Kier molecular flexibility index (Phi) is 73.8. The number of unbranched alkanes of at least 4 members (excludes halogenated alkanes) is 56. The van der Waals surface area contributed by atoms with Crippen molar-refractivity contribution in [3.05, 3.63) is 0 Å². The van der Waals surface area contributed by atoms with Gasteiger partial charge in [-0.1, -0.05) is 387 Å². The fourth-order valence-corrected chi connectivity index (χ4v) is 14.2. The van der Waals surface area contributed by atoms with E-state index in [0.717, 1.165) is 89.9 Å². The van der Waals surface area contributed by atoms with Gasteiger partial charge in [-0.25, -0.2) is 9.13 Å². The minimum absolute atomic E-state index is 0.109. The molecule has 594 valence electrons. The molecule has 0 spiro atoms. The quantitative estimate of drug-likeness (QED) is 0.0222. The van der Waals surface area contributed by atoms with Gasteiger partial charge in [-0.3, -0.25) is 37.3 Å². The number of hydrogen-bond acceptors (Lipinski definition) is 15. The molecule has 0 heterocycles. The second-order valence-electron chi connectivity index (χ2n) is 29.2. The van der Waals surface area contributed by atoms with E-state index in [1.54, 1.807) is 0 Å². The number of aliphatic hydroxyl groups excluding tert-OH is 1. The van der Waals surface area contributed by atoms with Gasteiger partial charge in [-0.05, 0) is 25.7 Å². The summed E-state index contributed by atoms with van der Waals surface area (Å²) in [7, 11) is -9.92. The van der Waals surface area contributed by atoms with Crippen molar-refractivity contribution >= 4 is 39.5 Å². The Hall–Kier alpha value is -1.94. The van der Waals surface area contributed by atoms with Crippen molar-refractivity contribution in [1.82, 2.24) is 0 Å². The number of rotatable bonds is 82. The Labute approximate surface area is 613 Å². The summed E-state index contributed by atoms with van der Waals surface area (Å²) in [4.78, 5) is 73.0. The van der Waals surface area contributed by atoms with Gasteiger partial charge in [0.2, 0.25) is 0 Å². The number of carbonyl (C=O) groups excluding carboxylic acids is 4. The molecule has 0 fully saturated rings. The van der Waals surface area contributed by atoms with Gasteiger partial charge in [0.25, 0.3) is 0 Å². The fraction of sp³-hybridized carbons (Fsp3) is 0.951. The zero-order chi connectivity index (χ0) is 73.2. The highest BCUT2D eigenvalue weighted by Gasteiger charge is 2.30. The molecule has 0 aliphatic rings. The van der Waals surface area contributed by atoms with E-state index in [0.29, 0.717) is 25.7 Å². The summed E-state index contributed by atoms with van der Waals surface area (Å²) in [6.45, 7) is 5.02. The fourth-order valence-electron chi connectivity index (χ4n) is 12.6. The molecule has 2 unspecified atom stereocenters. The Balaban J connectivity index is 5.22. The molecular weight excluding hydrogens is 1310 g/mol. The number of ether oxygens (including phenoxy) is 4. The van der Waals surface area contributed by atoms with Crippen LogP contribution in [0.15, 0.2) is 0 Å². The molecule has 19 heteroatoms. The summed E-state index contributed by atoms with van der Waals surface area (Å²) in [5, 5.41) is 10.6. The predicted molar refractivity (Wildman–Crippen MR) is 409 cm³/mol. The standard InChI is InChI=1S/C81H158O17P2/c1-5-9-13-17-21-25-29-32-34-35-36-37-38-39-41-44-48-52-56-60-64-68-81(86)98-77(72-92-79(84)66-62-58-54-50-46-43-40-33-30-26-22-18-14-10-6-2)74-96-100(89,90)94-70-75(82)69-93-99(87,88)95-73-76(71-91-78(83)65-61-57-53-49-45-28-24-20-16-12-8-4)97-80(85)67-63-59-55-51-47-42-31-27-23-19-15-11-7-3/h75-77,82H,5-74H2,1-4H3,(H,87,88)(H,89,90)/t75-,76+,77+/m0/s1. The smallest absolute Gasteiger partial charge is 0.462 e. The van der Waals surface area contributed by atoms with E-state index < -0.39 is 97.5 Å². The maximum absolute atomic E-state index is 13.1. The summed E-state index contributed by atoms with van der Waals surface area (Å²) in [6.07, 6.45) is 67.9. The predicted octanol–water partition coefficient (Wildman–Crippen LogP) is 24.6. The summed E-state index contributed by atoms with van der Waals surface area (Å²) in [5.74, 6) is -2.10. The van der Waals surface area contributed by atoms with Crippen LogP contribution in [-0.2, 0) is 65.4 Å². The van der Waals surface area contributed by atoms with Crippen molar-refractivity contribution in [2.75, 3.05) is 39.6 Å². The number of aliphatic hydroxyl groups is 1. The lowest BCUT2D eigenvalue weighted by Crippen LogP contribution is -2.30. The second kappa shape index (κ2) is 75.3. The van der Waals surface area contributed by atoms with Crippen molar-refractivity contribution in [2.45, 2.75) is 457 Å². The van der Waals surface area contributed by atoms with Crippen LogP contribution in [-0.4, -0.2) is 96.7 Å². The van der Waals surface area contributed by atoms with Gasteiger partial charge in [0.15, 0.2) is 12.2 Å². The topological polar surface area (TPSA) is 237 Å². The number of phosphoric ester groups is 2. The van der Waals surface area contributed by atoms with Crippen molar-refractivity contribution in [3.8, 4) is 0 Å². The maximum atomic E-state index is 13.1. The molecule has 3 N–H and O–H groups in total. The van der Waals surface area contributed by atoms with Gasteiger partial charge >= 0.3 is 39.5 Å². The van der Waals surface area contributed by atoms with Crippen LogP contribution in [0.25, 0.3) is 0 Å². The van der Waals surface area contributed by atoms with E-state index in [1.165, 1.54) is 270 Å². The molecule has 0 aromatic heterocycles. The lowest BCUT2D eigenvalue weighted by atomic mass is 10.0.